The van der Waals surface area contributed by atoms with Crippen LogP contribution in [-0.4, -0.2) is 61.0 Å². The molecule has 2 aliphatic rings. The maximum Gasteiger partial charge on any atom is 0.196 e. The third-order valence-electron chi connectivity index (χ3n) is 2.97. The van der Waals surface area contributed by atoms with Gasteiger partial charge in [0.05, 0.1) is 0 Å². The maximum atomic E-state index is 4.72. The molecular weight excluding hydrogens is 321 g/mol. The number of likely N-dealkylation sites (N-methyl/N-ethyl adjacent to an activating group) is 2. The van der Waals surface area contributed by atoms with Crippen molar-refractivity contribution in [2.75, 3.05) is 45.2 Å². The van der Waals surface area contributed by atoms with Crippen LogP contribution in [-0.2, 0) is 0 Å². The van der Waals surface area contributed by atoms with Crippen LogP contribution in [0.5, 0.6) is 0 Å². The summed E-state index contributed by atoms with van der Waals surface area (Å²) in [6.07, 6.45) is 1.36. The van der Waals surface area contributed by atoms with Crippen LogP contribution in [0.3, 0.4) is 0 Å². The van der Waals surface area contributed by atoms with Crippen LogP contribution in [0.2, 0.25) is 0 Å². The van der Waals surface area contributed by atoms with Gasteiger partial charge in [0.1, 0.15) is 0 Å². The predicted octanol–water partition coefficient (Wildman–Crippen LogP) is 1.59. The zero-order chi connectivity index (χ0) is 9.97. The van der Waals surface area contributed by atoms with Gasteiger partial charge in [-0.15, -0.1) is 24.0 Å². The van der Waals surface area contributed by atoms with E-state index in [4.69, 9.17) is 4.99 Å². The summed E-state index contributed by atoms with van der Waals surface area (Å²) in [4.78, 5) is 9.23. The predicted molar refractivity (Wildman–Crippen MR) is 78.4 cm³/mol. The van der Waals surface area contributed by atoms with Gasteiger partial charge in [-0.2, -0.15) is 11.8 Å². The molecule has 0 aromatic rings. The lowest BCUT2D eigenvalue weighted by Crippen LogP contribution is -2.29. The fourth-order valence-electron chi connectivity index (χ4n) is 1.97. The van der Waals surface area contributed by atoms with E-state index in [-0.39, 0.29) is 24.0 Å². The van der Waals surface area contributed by atoms with Gasteiger partial charge < -0.3 is 9.80 Å². The topological polar surface area (TPSA) is 18.8 Å². The van der Waals surface area contributed by atoms with Gasteiger partial charge in [-0.05, 0) is 23.8 Å². The maximum absolute atomic E-state index is 4.72. The monoisotopic (exact) mass is 341 g/mol. The first-order chi connectivity index (χ1) is 6.77. The number of thioether (sulfide) groups is 1. The summed E-state index contributed by atoms with van der Waals surface area (Å²) in [6, 6.07) is 0. The first kappa shape index (κ1) is 13.4. The van der Waals surface area contributed by atoms with Crippen molar-refractivity contribution in [1.29, 1.82) is 0 Å². The van der Waals surface area contributed by atoms with Crippen molar-refractivity contribution in [3.63, 3.8) is 0 Å². The Morgan fingerprint density at radius 1 is 1.33 bits per heavy atom. The van der Waals surface area contributed by atoms with Crippen molar-refractivity contribution in [1.82, 2.24) is 9.80 Å². The van der Waals surface area contributed by atoms with E-state index in [1.807, 2.05) is 0 Å². The van der Waals surface area contributed by atoms with Crippen LogP contribution >= 0.6 is 35.7 Å². The minimum atomic E-state index is 0. The molecule has 2 aliphatic heterocycles. The molecule has 1 atom stereocenters. The van der Waals surface area contributed by atoms with Crippen molar-refractivity contribution in [3.05, 3.63) is 0 Å². The van der Waals surface area contributed by atoms with Gasteiger partial charge in [0.25, 0.3) is 0 Å². The Balaban J connectivity index is 0.00000112. The quantitative estimate of drug-likeness (QED) is 0.711. The highest BCUT2D eigenvalue weighted by atomic mass is 127. The summed E-state index contributed by atoms with van der Waals surface area (Å²) in [7, 11) is 4.26. The lowest BCUT2D eigenvalue weighted by molar-refractivity contribution is 0.549. The van der Waals surface area contributed by atoms with Gasteiger partial charge in [-0.1, -0.05) is 0 Å². The van der Waals surface area contributed by atoms with Crippen molar-refractivity contribution < 1.29 is 0 Å². The van der Waals surface area contributed by atoms with Crippen LogP contribution in [0.15, 0.2) is 4.99 Å². The van der Waals surface area contributed by atoms with Gasteiger partial charge >= 0.3 is 0 Å². The zero-order valence-corrected chi connectivity index (χ0v) is 12.6. The van der Waals surface area contributed by atoms with Crippen molar-refractivity contribution in [2.24, 2.45) is 10.9 Å². The lowest BCUT2D eigenvalue weighted by atomic mass is 10.1. The molecule has 0 spiro atoms. The molecule has 88 valence electrons. The minimum Gasteiger partial charge on any atom is -0.344 e. The Morgan fingerprint density at radius 3 is 2.53 bits per heavy atom. The smallest absolute Gasteiger partial charge is 0.196 e. The Labute approximate surface area is 114 Å². The van der Waals surface area contributed by atoms with E-state index in [2.05, 4.69) is 35.7 Å². The SMILES string of the molecule is CN1CCN(C)C1=NCC1CCSC1.I. The molecule has 0 N–H and O–H groups in total. The van der Waals surface area contributed by atoms with E-state index in [1.165, 1.54) is 23.9 Å². The average Bonchev–Trinajstić information content (AvgIpc) is 2.76. The fourth-order valence-corrected chi connectivity index (χ4v) is 3.24. The Kier molecular flexibility index (Phi) is 5.52. The number of halogens is 1. The molecule has 2 fully saturated rings. The number of guanidine groups is 1. The molecule has 15 heavy (non-hydrogen) atoms. The van der Waals surface area contributed by atoms with Crippen LogP contribution in [0.25, 0.3) is 0 Å². The Hall–Kier alpha value is 0.350. The van der Waals surface area contributed by atoms with Crippen molar-refractivity contribution in [3.8, 4) is 0 Å². The van der Waals surface area contributed by atoms with Crippen LogP contribution in [0.1, 0.15) is 6.42 Å². The van der Waals surface area contributed by atoms with E-state index < -0.39 is 0 Å². The van der Waals surface area contributed by atoms with Gasteiger partial charge in [0.2, 0.25) is 0 Å². The molecule has 1 unspecified atom stereocenters. The molecule has 0 bridgehead atoms. The Morgan fingerprint density at radius 2 is 2.00 bits per heavy atom. The van der Waals surface area contributed by atoms with Crippen LogP contribution in [0.4, 0.5) is 0 Å². The normalized spacial score (nSPS) is 25.7. The number of rotatable bonds is 2. The highest BCUT2D eigenvalue weighted by Gasteiger charge is 2.21. The molecule has 0 aromatic heterocycles. The van der Waals surface area contributed by atoms with Gasteiger partial charge in [0, 0.05) is 33.7 Å². The highest BCUT2D eigenvalue weighted by Crippen LogP contribution is 2.23. The van der Waals surface area contributed by atoms with Gasteiger partial charge in [0.15, 0.2) is 5.96 Å². The first-order valence-corrected chi connectivity index (χ1v) is 6.47. The molecule has 0 aromatic carbocycles. The lowest BCUT2D eigenvalue weighted by Gasteiger charge is -2.16. The average molecular weight is 341 g/mol. The molecular formula is C10H20IN3S. The summed E-state index contributed by atoms with van der Waals surface area (Å²) in [5, 5.41) is 0. The van der Waals surface area contributed by atoms with E-state index in [1.54, 1.807) is 0 Å². The minimum absolute atomic E-state index is 0. The van der Waals surface area contributed by atoms with E-state index in [0.717, 1.165) is 25.6 Å². The summed E-state index contributed by atoms with van der Waals surface area (Å²) in [5.74, 6) is 4.66. The van der Waals surface area contributed by atoms with Crippen LogP contribution in [0, 0.1) is 5.92 Å². The highest BCUT2D eigenvalue weighted by molar-refractivity contribution is 14.0. The fraction of sp³-hybridized carbons (Fsp3) is 0.900. The summed E-state index contributed by atoms with van der Waals surface area (Å²) < 4.78 is 0. The second-order valence-corrected chi connectivity index (χ2v) is 5.36. The first-order valence-electron chi connectivity index (χ1n) is 5.32. The second kappa shape index (κ2) is 6.18. The third kappa shape index (κ3) is 3.41. The standard InChI is InChI=1S/C10H19N3S.HI/c1-12-4-5-13(2)10(12)11-7-9-3-6-14-8-9;/h9H,3-8H2,1-2H3;1H. The largest absolute Gasteiger partial charge is 0.344 e. The third-order valence-corrected chi connectivity index (χ3v) is 4.20. The second-order valence-electron chi connectivity index (χ2n) is 4.21. The molecule has 0 amide bonds. The molecule has 2 rings (SSSR count). The summed E-state index contributed by atoms with van der Waals surface area (Å²) >= 11 is 2.07. The van der Waals surface area contributed by atoms with Crippen molar-refractivity contribution >= 4 is 41.7 Å². The molecule has 0 aliphatic carbocycles. The van der Waals surface area contributed by atoms with Gasteiger partial charge in [-0.3, -0.25) is 4.99 Å². The van der Waals surface area contributed by atoms with E-state index >= 15 is 0 Å². The van der Waals surface area contributed by atoms with Crippen LogP contribution < -0.4 is 0 Å². The molecule has 5 heteroatoms. The number of hydrogen-bond acceptors (Lipinski definition) is 2. The van der Waals surface area contributed by atoms with Gasteiger partial charge in [-0.25, -0.2) is 0 Å². The molecule has 3 nitrogen and oxygen atoms in total. The summed E-state index contributed by atoms with van der Waals surface area (Å²) in [6.45, 7) is 3.26. The number of aliphatic imine (C=N–C) groups is 1. The number of nitrogens with zero attached hydrogens (tertiary/aromatic N) is 3. The van der Waals surface area contributed by atoms with E-state index in [0.29, 0.717) is 0 Å². The molecule has 2 saturated heterocycles. The summed E-state index contributed by atoms with van der Waals surface area (Å²) in [5.41, 5.74) is 0. The Bertz CT molecular complexity index is 217. The zero-order valence-electron chi connectivity index (χ0n) is 9.48. The van der Waals surface area contributed by atoms with E-state index in [9.17, 15) is 0 Å². The van der Waals surface area contributed by atoms with Crippen molar-refractivity contribution in [2.45, 2.75) is 6.42 Å². The molecule has 2 heterocycles. The number of hydrogen-bond donors (Lipinski definition) is 0. The molecule has 0 saturated carbocycles. The molecule has 0 radical (unpaired) electrons.